The minimum absolute atomic E-state index is 0.0715. The first kappa shape index (κ1) is 23.2. The zero-order chi connectivity index (χ0) is 22.3. The molecule has 1 saturated heterocycles. The summed E-state index contributed by atoms with van der Waals surface area (Å²) >= 11 is 0. The van der Waals surface area contributed by atoms with E-state index in [-0.39, 0.29) is 17.1 Å². The molecule has 0 radical (unpaired) electrons. The van der Waals surface area contributed by atoms with Crippen molar-refractivity contribution < 1.29 is 17.6 Å². The maximum atomic E-state index is 13.4. The van der Waals surface area contributed by atoms with Gasteiger partial charge in [-0.05, 0) is 56.4 Å². The average Bonchev–Trinajstić information content (AvgIpc) is 2.77. The van der Waals surface area contributed by atoms with Gasteiger partial charge in [-0.3, -0.25) is 9.10 Å². The minimum Gasteiger partial charge on any atom is -0.354 e. The zero-order valence-corrected chi connectivity index (χ0v) is 18.5. The van der Waals surface area contributed by atoms with Crippen molar-refractivity contribution >= 4 is 21.6 Å². The van der Waals surface area contributed by atoms with E-state index in [1.165, 1.54) is 36.4 Å². The van der Waals surface area contributed by atoms with E-state index in [1.54, 1.807) is 18.2 Å². The molecule has 2 aromatic rings. The van der Waals surface area contributed by atoms with E-state index in [0.717, 1.165) is 43.4 Å². The molecule has 31 heavy (non-hydrogen) atoms. The second kappa shape index (κ2) is 10.7. The van der Waals surface area contributed by atoms with Crippen molar-refractivity contribution in [1.29, 1.82) is 0 Å². The number of nitrogens with one attached hydrogen (secondary N) is 1. The maximum absolute atomic E-state index is 13.4. The van der Waals surface area contributed by atoms with Crippen molar-refractivity contribution in [3.8, 4) is 0 Å². The highest BCUT2D eigenvalue weighted by Crippen LogP contribution is 2.23. The number of nitrogens with zero attached hydrogens (tertiary/aromatic N) is 3. The fourth-order valence-corrected chi connectivity index (χ4v) is 4.87. The molecule has 0 spiro atoms. The summed E-state index contributed by atoms with van der Waals surface area (Å²) in [7, 11) is -1.87. The van der Waals surface area contributed by atoms with Crippen LogP contribution in [0.1, 0.15) is 6.42 Å². The number of likely N-dealkylation sites (N-methyl/N-ethyl adjacent to an activating group) is 1. The molecule has 1 heterocycles. The Kier molecular flexibility index (Phi) is 8.00. The van der Waals surface area contributed by atoms with Gasteiger partial charge in [0.15, 0.2) is 0 Å². The molecular formula is C22H29FN4O3S. The highest BCUT2D eigenvalue weighted by Gasteiger charge is 2.27. The van der Waals surface area contributed by atoms with Crippen molar-refractivity contribution in [3.05, 3.63) is 60.4 Å². The van der Waals surface area contributed by atoms with Gasteiger partial charge in [0, 0.05) is 32.7 Å². The largest absolute Gasteiger partial charge is 0.354 e. The predicted octanol–water partition coefficient (Wildman–Crippen LogP) is 1.77. The van der Waals surface area contributed by atoms with Crippen LogP contribution in [0.25, 0.3) is 0 Å². The van der Waals surface area contributed by atoms with E-state index in [9.17, 15) is 17.6 Å². The van der Waals surface area contributed by atoms with Gasteiger partial charge in [-0.25, -0.2) is 12.8 Å². The number of rotatable bonds is 9. The molecule has 3 rings (SSSR count). The fourth-order valence-electron chi connectivity index (χ4n) is 3.43. The molecule has 1 N–H and O–H groups in total. The topological polar surface area (TPSA) is 73.0 Å². The molecule has 1 aliphatic heterocycles. The van der Waals surface area contributed by atoms with E-state index in [2.05, 4.69) is 22.2 Å². The number of piperazine rings is 1. The quantitative estimate of drug-likeness (QED) is 0.592. The number of hydrogen-bond acceptors (Lipinski definition) is 5. The van der Waals surface area contributed by atoms with Gasteiger partial charge in [0.1, 0.15) is 12.4 Å². The second-order valence-electron chi connectivity index (χ2n) is 7.65. The number of carbonyl (C=O) groups excluding carboxylic acids is 1. The molecule has 1 amide bonds. The molecule has 1 aliphatic rings. The van der Waals surface area contributed by atoms with Gasteiger partial charge in [0.25, 0.3) is 10.0 Å². The zero-order valence-electron chi connectivity index (χ0n) is 17.7. The van der Waals surface area contributed by atoms with Gasteiger partial charge in [0.05, 0.1) is 10.6 Å². The third kappa shape index (κ3) is 6.49. The van der Waals surface area contributed by atoms with E-state index in [1.807, 2.05) is 0 Å². The number of hydrogen-bond donors (Lipinski definition) is 1. The molecule has 0 bridgehead atoms. The minimum atomic E-state index is -3.98. The molecule has 168 valence electrons. The van der Waals surface area contributed by atoms with Crippen LogP contribution >= 0.6 is 0 Å². The Morgan fingerprint density at radius 1 is 1.03 bits per heavy atom. The van der Waals surface area contributed by atoms with Gasteiger partial charge in [0.2, 0.25) is 5.91 Å². The maximum Gasteiger partial charge on any atom is 0.264 e. The molecule has 0 atom stereocenters. The number of halogens is 1. The summed E-state index contributed by atoms with van der Waals surface area (Å²) < 4.78 is 40.7. The van der Waals surface area contributed by atoms with Crippen molar-refractivity contribution in [2.45, 2.75) is 11.3 Å². The van der Waals surface area contributed by atoms with Gasteiger partial charge >= 0.3 is 0 Å². The highest BCUT2D eigenvalue weighted by atomic mass is 32.2. The Hall–Kier alpha value is -2.49. The lowest BCUT2D eigenvalue weighted by molar-refractivity contribution is -0.119. The Morgan fingerprint density at radius 3 is 2.32 bits per heavy atom. The second-order valence-corrected chi connectivity index (χ2v) is 9.51. The lowest BCUT2D eigenvalue weighted by Gasteiger charge is -2.32. The van der Waals surface area contributed by atoms with Gasteiger partial charge in [-0.15, -0.1) is 0 Å². The lowest BCUT2D eigenvalue weighted by Crippen LogP contribution is -2.45. The Balaban J connectivity index is 1.62. The normalized spacial score (nSPS) is 15.5. The first-order valence-corrected chi connectivity index (χ1v) is 11.8. The summed E-state index contributed by atoms with van der Waals surface area (Å²) in [6.07, 6.45) is 0.789. The van der Waals surface area contributed by atoms with Crippen LogP contribution < -0.4 is 9.62 Å². The lowest BCUT2D eigenvalue weighted by atomic mass is 10.3. The number of anilines is 1. The third-order valence-corrected chi connectivity index (χ3v) is 7.09. The van der Waals surface area contributed by atoms with E-state index < -0.39 is 21.7 Å². The van der Waals surface area contributed by atoms with Crippen LogP contribution in [-0.2, 0) is 14.8 Å². The molecule has 0 aromatic heterocycles. The SMILES string of the molecule is CN1CCN(CCCNC(=O)CN(c2ccc(F)cc2)S(=O)(=O)c2ccccc2)CC1. The third-order valence-electron chi connectivity index (χ3n) is 5.30. The highest BCUT2D eigenvalue weighted by molar-refractivity contribution is 7.92. The van der Waals surface area contributed by atoms with Crippen LogP contribution in [0.3, 0.4) is 0 Å². The van der Waals surface area contributed by atoms with Gasteiger partial charge in [-0.2, -0.15) is 0 Å². The van der Waals surface area contributed by atoms with Crippen LogP contribution in [0.15, 0.2) is 59.5 Å². The molecule has 7 nitrogen and oxygen atoms in total. The number of amides is 1. The smallest absolute Gasteiger partial charge is 0.264 e. The Bertz CT molecular complexity index is 946. The Labute approximate surface area is 183 Å². The number of benzene rings is 2. The Morgan fingerprint density at radius 2 is 1.68 bits per heavy atom. The molecule has 0 aliphatic carbocycles. The molecule has 1 fully saturated rings. The number of sulfonamides is 1. The average molecular weight is 449 g/mol. The summed E-state index contributed by atoms with van der Waals surface area (Å²) in [6, 6.07) is 13.0. The predicted molar refractivity (Wildman–Crippen MR) is 119 cm³/mol. The molecule has 2 aromatic carbocycles. The monoisotopic (exact) mass is 448 g/mol. The van der Waals surface area contributed by atoms with Crippen LogP contribution in [0.4, 0.5) is 10.1 Å². The summed E-state index contributed by atoms with van der Waals surface area (Å²) in [5.41, 5.74) is 0.234. The van der Waals surface area contributed by atoms with Crippen LogP contribution in [0, 0.1) is 5.82 Å². The van der Waals surface area contributed by atoms with Crippen molar-refractivity contribution in [2.24, 2.45) is 0 Å². The number of carbonyl (C=O) groups is 1. The molecule has 9 heteroatoms. The van der Waals surface area contributed by atoms with Crippen LogP contribution in [0.2, 0.25) is 0 Å². The van der Waals surface area contributed by atoms with Gasteiger partial charge < -0.3 is 15.1 Å². The summed E-state index contributed by atoms with van der Waals surface area (Å²) in [5, 5.41) is 2.81. The fraction of sp³-hybridized carbons (Fsp3) is 0.409. The van der Waals surface area contributed by atoms with E-state index in [0.29, 0.717) is 6.54 Å². The van der Waals surface area contributed by atoms with Gasteiger partial charge in [-0.1, -0.05) is 18.2 Å². The van der Waals surface area contributed by atoms with E-state index in [4.69, 9.17) is 0 Å². The first-order chi connectivity index (χ1) is 14.9. The standard InChI is InChI=1S/C22H29FN4O3S/c1-25-14-16-26(17-15-25)13-5-12-24-22(28)18-27(20-10-8-19(23)9-11-20)31(29,30)21-6-3-2-4-7-21/h2-4,6-11H,5,12-18H2,1H3,(H,24,28). The molecular weight excluding hydrogens is 419 g/mol. The molecule has 0 unspecified atom stereocenters. The van der Waals surface area contributed by atoms with Crippen molar-refractivity contribution in [1.82, 2.24) is 15.1 Å². The van der Waals surface area contributed by atoms with Crippen molar-refractivity contribution in [2.75, 3.05) is 57.2 Å². The van der Waals surface area contributed by atoms with Crippen molar-refractivity contribution in [3.63, 3.8) is 0 Å². The summed E-state index contributed by atoms with van der Waals surface area (Å²) in [6.45, 7) is 5.08. The summed E-state index contributed by atoms with van der Waals surface area (Å²) in [5.74, 6) is -0.878. The molecule has 0 saturated carbocycles. The van der Waals surface area contributed by atoms with Crippen LogP contribution in [-0.4, -0.2) is 77.0 Å². The summed E-state index contributed by atoms with van der Waals surface area (Å²) in [4.78, 5) is 17.3. The first-order valence-electron chi connectivity index (χ1n) is 10.4. The van der Waals surface area contributed by atoms with Crippen LogP contribution in [0.5, 0.6) is 0 Å². The van der Waals surface area contributed by atoms with E-state index >= 15 is 0 Å².